The minimum atomic E-state index is -0.531. The SMILES string of the molecule is CCCCCCCCOC(=O)C1=C(C)Nc2nnnn2[C@@H]1c1ccccc1Cl. The average Bonchev–Trinajstić information content (AvgIpc) is 3.14. The first-order valence-corrected chi connectivity index (χ1v) is 10.2. The zero-order chi connectivity index (χ0) is 19.9. The third kappa shape index (κ3) is 4.52. The predicted octanol–water partition coefficient (Wildman–Crippen LogP) is 4.52. The first kappa shape index (κ1) is 20.3. The second-order valence-electron chi connectivity index (χ2n) is 6.94. The van der Waals surface area contributed by atoms with Crippen molar-refractivity contribution in [3.05, 3.63) is 46.1 Å². The minimum absolute atomic E-state index is 0.371. The summed E-state index contributed by atoms with van der Waals surface area (Å²) in [7, 11) is 0. The summed E-state index contributed by atoms with van der Waals surface area (Å²) >= 11 is 6.42. The first-order valence-electron chi connectivity index (χ1n) is 9.80. The van der Waals surface area contributed by atoms with E-state index in [1.165, 1.54) is 25.7 Å². The lowest BCUT2D eigenvalue weighted by Crippen LogP contribution is -2.30. The fraction of sp³-hybridized carbons (Fsp3) is 0.500. The number of hydrogen-bond acceptors (Lipinski definition) is 6. The molecule has 7 nitrogen and oxygen atoms in total. The van der Waals surface area contributed by atoms with Gasteiger partial charge in [-0.25, -0.2) is 4.79 Å². The summed E-state index contributed by atoms with van der Waals surface area (Å²) in [4.78, 5) is 12.9. The Kier molecular flexibility index (Phi) is 7.03. The molecule has 0 radical (unpaired) electrons. The van der Waals surface area contributed by atoms with Crippen LogP contribution in [0.1, 0.15) is 64.0 Å². The van der Waals surface area contributed by atoms with Crippen molar-refractivity contribution < 1.29 is 9.53 Å². The molecule has 1 N–H and O–H groups in total. The van der Waals surface area contributed by atoms with Gasteiger partial charge in [0, 0.05) is 16.3 Å². The van der Waals surface area contributed by atoms with Gasteiger partial charge in [0.2, 0.25) is 5.95 Å². The lowest BCUT2D eigenvalue weighted by molar-refractivity contribution is -0.139. The maximum Gasteiger partial charge on any atom is 0.338 e. The Balaban J connectivity index is 1.74. The number of unbranched alkanes of at least 4 members (excludes halogenated alkanes) is 5. The molecule has 2 heterocycles. The number of ether oxygens (including phenoxy) is 1. The maximum atomic E-state index is 12.9. The van der Waals surface area contributed by atoms with Crippen LogP contribution in [0.15, 0.2) is 35.5 Å². The number of fused-ring (bicyclic) bond motifs is 1. The van der Waals surface area contributed by atoms with Gasteiger partial charge in [0.15, 0.2) is 0 Å². The molecule has 1 aliphatic heterocycles. The molecule has 1 aromatic carbocycles. The third-order valence-corrected chi connectivity index (χ3v) is 5.21. The summed E-state index contributed by atoms with van der Waals surface area (Å²) in [6, 6.07) is 6.86. The van der Waals surface area contributed by atoms with E-state index >= 15 is 0 Å². The molecule has 1 atom stereocenters. The summed E-state index contributed by atoms with van der Waals surface area (Å²) in [6.07, 6.45) is 6.81. The molecule has 2 aromatic rings. The summed E-state index contributed by atoms with van der Waals surface area (Å²) in [6.45, 7) is 4.42. The van der Waals surface area contributed by atoms with Gasteiger partial charge >= 0.3 is 5.97 Å². The van der Waals surface area contributed by atoms with Crippen LogP contribution in [0.4, 0.5) is 5.95 Å². The van der Waals surface area contributed by atoms with E-state index in [-0.39, 0.29) is 5.97 Å². The molecule has 0 fully saturated rings. The fourth-order valence-electron chi connectivity index (χ4n) is 3.39. The molecule has 1 aromatic heterocycles. The molecule has 1 aliphatic rings. The number of carbonyl (C=O) groups excluding carboxylic acids is 1. The molecule has 28 heavy (non-hydrogen) atoms. The molecule has 0 unspecified atom stereocenters. The number of tetrazole rings is 1. The van der Waals surface area contributed by atoms with Crippen LogP contribution in [0.25, 0.3) is 0 Å². The third-order valence-electron chi connectivity index (χ3n) is 4.86. The van der Waals surface area contributed by atoms with Crippen LogP contribution in [0, 0.1) is 0 Å². The molecule has 0 amide bonds. The Labute approximate surface area is 170 Å². The Bertz CT molecular complexity index is 849. The van der Waals surface area contributed by atoms with Crippen LogP contribution in [0.2, 0.25) is 5.02 Å². The highest BCUT2D eigenvalue weighted by Crippen LogP contribution is 2.37. The molecule has 0 bridgehead atoms. The smallest absolute Gasteiger partial charge is 0.338 e. The predicted molar refractivity (Wildman–Crippen MR) is 108 cm³/mol. The number of anilines is 1. The van der Waals surface area contributed by atoms with E-state index in [2.05, 4.69) is 27.8 Å². The zero-order valence-corrected chi connectivity index (χ0v) is 17.1. The molecule has 8 heteroatoms. The van der Waals surface area contributed by atoms with E-state index in [1.807, 2.05) is 25.1 Å². The van der Waals surface area contributed by atoms with Gasteiger partial charge in [-0.2, -0.15) is 4.68 Å². The van der Waals surface area contributed by atoms with E-state index in [0.29, 0.717) is 28.8 Å². The number of hydrogen-bond donors (Lipinski definition) is 1. The minimum Gasteiger partial charge on any atom is -0.462 e. The maximum absolute atomic E-state index is 12.9. The lowest BCUT2D eigenvalue weighted by Gasteiger charge is -2.27. The first-order chi connectivity index (χ1) is 13.6. The van der Waals surface area contributed by atoms with Gasteiger partial charge in [0.05, 0.1) is 12.2 Å². The summed E-state index contributed by atoms with van der Waals surface area (Å²) < 4.78 is 7.14. The van der Waals surface area contributed by atoms with E-state index in [9.17, 15) is 4.79 Å². The van der Waals surface area contributed by atoms with Crippen molar-refractivity contribution in [1.29, 1.82) is 0 Å². The van der Waals surface area contributed by atoms with E-state index in [0.717, 1.165) is 18.4 Å². The van der Waals surface area contributed by atoms with Gasteiger partial charge in [-0.1, -0.05) is 73.9 Å². The highest BCUT2D eigenvalue weighted by Gasteiger charge is 2.35. The second-order valence-corrected chi connectivity index (χ2v) is 7.35. The van der Waals surface area contributed by atoms with Crippen LogP contribution in [0.5, 0.6) is 0 Å². The van der Waals surface area contributed by atoms with Gasteiger partial charge in [-0.05, 0) is 29.8 Å². The molecule has 3 rings (SSSR count). The molecule has 0 saturated carbocycles. The molecule has 0 spiro atoms. The topological polar surface area (TPSA) is 81.9 Å². The zero-order valence-electron chi connectivity index (χ0n) is 16.3. The number of benzene rings is 1. The Morgan fingerprint density at radius 3 is 2.75 bits per heavy atom. The van der Waals surface area contributed by atoms with E-state index in [4.69, 9.17) is 16.3 Å². The second kappa shape index (κ2) is 9.68. The Morgan fingerprint density at radius 2 is 1.96 bits per heavy atom. The van der Waals surface area contributed by atoms with Crippen molar-refractivity contribution in [2.45, 2.75) is 58.4 Å². The number of halogens is 1. The largest absolute Gasteiger partial charge is 0.462 e. The van der Waals surface area contributed by atoms with Crippen LogP contribution in [-0.4, -0.2) is 32.8 Å². The van der Waals surface area contributed by atoms with Gasteiger partial charge in [-0.15, -0.1) is 0 Å². The van der Waals surface area contributed by atoms with Crippen LogP contribution < -0.4 is 5.32 Å². The van der Waals surface area contributed by atoms with Gasteiger partial charge in [0.1, 0.15) is 6.04 Å². The van der Waals surface area contributed by atoms with E-state index < -0.39 is 6.04 Å². The number of allylic oxidation sites excluding steroid dienone is 1. The normalized spacial score (nSPS) is 15.9. The summed E-state index contributed by atoms with van der Waals surface area (Å²) in [5.74, 6) is 0.0968. The van der Waals surface area contributed by atoms with E-state index in [1.54, 1.807) is 10.7 Å². The van der Waals surface area contributed by atoms with Crippen molar-refractivity contribution >= 4 is 23.5 Å². The molecule has 0 aliphatic carbocycles. The number of nitrogens with one attached hydrogen (secondary N) is 1. The molecule has 0 saturated heterocycles. The van der Waals surface area contributed by atoms with Gasteiger partial charge in [0.25, 0.3) is 0 Å². The molecular formula is C20H26ClN5O2. The highest BCUT2D eigenvalue weighted by atomic mass is 35.5. The van der Waals surface area contributed by atoms with Crippen molar-refractivity contribution in [3.63, 3.8) is 0 Å². The quantitative estimate of drug-likeness (QED) is 0.489. The van der Waals surface area contributed by atoms with Crippen molar-refractivity contribution in [2.24, 2.45) is 0 Å². The number of esters is 1. The van der Waals surface area contributed by atoms with Crippen LogP contribution >= 0.6 is 11.6 Å². The van der Waals surface area contributed by atoms with Gasteiger partial charge in [-0.3, -0.25) is 0 Å². The highest BCUT2D eigenvalue weighted by molar-refractivity contribution is 6.31. The number of nitrogens with zero attached hydrogens (tertiary/aromatic N) is 4. The van der Waals surface area contributed by atoms with Gasteiger partial charge < -0.3 is 10.1 Å². The van der Waals surface area contributed by atoms with Crippen LogP contribution in [-0.2, 0) is 9.53 Å². The fourth-order valence-corrected chi connectivity index (χ4v) is 3.63. The number of rotatable bonds is 9. The standard InChI is InChI=1S/C20H26ClN5O2/c1-3-4-5-6-7-10-13-28-19(27)17-14(2)22-20-23-24-25-26(20)18(17)15-11-8-9-12-16(15)21/h8-9,11-12,18H,3-7,10,13H2,1-2H3,(H,22,23,25)/t18-/m1/s1. The van der Waals surface area contributed by atoms with Crippen molar-refractivity contribution in [2.75, 3.05) is 11.9 Å². The monoisotopic (exact) mass is 403 g/mol. The van der Waals surface area contributed by atoms with Crippen LogP contribution in [0.3, 0.4) is 0 Å². The molecule has 150 valence electrons. The van der Waals surface area contributed by atoms with Crippen molar-refractivity contribution in [1.82, 2.24) is 20.2 Å². The summed E-state index contributed by atoms with van der Waals surface area (Å²) in [5.41, 5.74) is 1.89. The lowest BCUT2D eigenvalue weighted by atomic mass is 9.96. The Morgan fingerprint density at radius 1 is 1.21 bits per heavy atom. The Hall–Kier alpha value is -2.41. The number of aromatic nitrogens is 4. The van der Waals surface area contributed by atoms with Crippen molar-refractivity contribution in [3.8, 4) is 0 Å². The molecular weight excluding hydrogens is 378 g/mol. The average molecular weight is 404 g/mol. The number of carbonyl (C=O) groups is 1. The summed E-state index contributed by atoms with van der Waals surface area (Å²) in [5, 5.41) is 15.4.